The number of aliphatic hydroxyl groups is 1. The van der Waals surface area contributed by atoms with E-state index in [4.69, 9.17) is 22.3 Å². The van der Waals surface area contributed by atoms with Gasteiger partial charge in [-0.2, -0.15) is 11.8 Å². The van der Waals surface area contributed by atoms with Gasteiger partial charge >= 0.3 is 5.97 Å². The lowest BCUT2D eigenvalue weighted by molar-refractivity contribution is -0.138. The van der Waals surface area contributed by atoms with E-state index in [0.717, 1.165) is 64.7 Å². The highest BCUT2D eigenvalue weighted by Crippen LogP contribution is 2.53. The Morgan fingerprint density at radius 2 is 1.77 bits per heavy atom. The number of carbonyl (C=O) groups is 1. The van der Waals surface area contributed by atoms with Gasteiger partial charge in [0.15, 0.2) is 0 Å². The van der Waals surface area contributed by atoms with Crippen LogP contribution in [0.3, 0.4) is 0 Å². The van der Waals surface area contributed by atoms with Crippen LogP contribution in [-0.2, 0) is 16.8 Å². The molecule has 1 atom stereocenters. The molecule has 0 amide bonds. The Labute approximate surface area is 295 Å². The van der Waals surface area contributed by atoms with Gasteiger partial charge in [-0.25, -0.2) is 4.98 Å². The van der Waals surface area contributed by atoms with E-state index in [1.807, 2.05) is 74.1 Å². The van der Waals surface area contributed by atoms with Gasteiger partial charge in [0.1, 0.15) is 0 Å². The molecule has 0 spiro atoms. The fourth-order valence-electron chi connectivity index (χ4n) is 6.49. The first-order chi connectivity index (χ1) is 23.0. The van der Waals surface area contributed by atoms with E-state index in [-0.39, 0.29) is 17.1 Å². The van der Waals surface area contributed by atoms with E-state index in [0.29, 0.717) is 11.1 Å². The Kier molecular flexibility index (Phi) is 12.4. The number of hydrogen-bond acceptors (Lipinski definition) is 5. The highest BCUT2D eigenvalue weighted by Gasteiger charge is 2.44. The first-order valence-electron chi connectivity index (χ1n) is 17.2. The number of aliphatic carboxylic acids is 1. The summed E-state index contributed by atoms with van der Waals surface area (Å²) in [6.45, 7) is 3.66. The molecule has 2 aliphatic rings. The number of halogens is 1. The molecule has 5 nitrogen and oxygen atoms in total. The van der Waals surface area contributed by atoms with E-state index < -0.39 is 11.6 Å². The molecule has 3 aromatic carbocycles. The number of hydrogen-bond donors (Lipinski definition) is 3. The minimum absolute atomic E-state index is 0.0814. The molecule has 1 aromatic heterocycles. The molecule has 7 heteroatoms. The predicted octanol–water partition coefficient (Wildman–Crippen LogP) is 10.2. The number of aromatic nitrogens is 1. The molecular formula is C41H49ClN2O3S. The Morgan fingerprint density at radius 1 is 1.02 bits per heavy atom. The number of nitrogens with two attached hydrogens (primary N) is 1. The maximum absolute atomic E-state index is 11.5. The van der Waals surface area contributed by atoms with Gasteiger partial charge in [0.05, 0.1) is 23.2 Å². The zero-order valence-electron chi connectivity index (χ0n) is 28.2. The summed E-state index contributed by atoms with van der Waals surface area (Å²) >= 11 is 8.04. The third kappa shape index (κ3) is 10.7. The lowest BCUT2D eigenvalue weighted by atomic mass is 9.90. The number of nitrogens with zero attached hydrogens (tertiary/aromatic N) is 1. The maximum atomic E-state index is 11.5. The quantitative estimate of drug-likeness (QED) is 0.137. The van der Waals surface area contributed by atoms with Crippen molar-refractivity contribution in [3.05, 3.63) is 112 Å². The Morgan fingerprint density at radius 3 is 2.46 bits per heavy atom. The summed E-state index contributed by atoms with van der Waals surface area (Å²) in [5, 5.41) is 22.1. The lowest BCUT2D eigenvalue weighted by Gasteiger charge is -2.24. The van der Waals surface area contributed by atoms with E-state index in [9.17, 15) is 15.0 Å². The molecule has 0 saturated heterocycles. The van der Waals surface area contributed by atoms with Crippen molar-refractivity contribution in [3.8, 4) is 0 Å². The van der Waals surface area contributed by atoms with Crippen molar-refractivity contribution in [2.24, 2.45) is 11.1 Å². The molecule has 0 radical (unpaired) electrons. The van der Waals surface area contributed by atoms with E-state index in [1.54, 1.807) is 0 Å². The average Bonchev–Trinajstić information content (AvgIpc) is 3.82. The van der Waals surface area contributed by atoms with Crippen LogP contribution < -0.4 is 5.73 Å². The van der Waals surface area contributed by atoms with Crippen LogP contribution in [0.15, 0.2) is 78.9 Å². The van der Waals surface area contributed by atoms with Crippen LogP contribution >= 0.6 is 23.4 Å². The minimum Gasteiger partial charge on any atom is -0.481 e. The molecule has 48 heavy (non-hydrogen) atoms. The van der Waals surface area contributed by atoms with Gasteiger partial charge in [0.25, 0.3) is 0 Å². The zero-order chi connectivity index (χ0) is 34.1. The number of pyridine rings is 1. The molecule has 0 aliphatic heterocycles. The van der Waals surface area contributed by atoms with Crippen LogP contribution in [0.1, 0.15) is 105 Å². The molecule has 0 unspecified atom stereocenters. The van der Waals surface area contributed by atoms with Crippen LogP contribution in [0.4, 0.5) is 0 Å². The number of fused-ring (bicyclic) bond motifs is 1. The van der Waals surface area contributed by atoms with Crippen molar-refractivity contribution in [1.29, 1.82) is 0 Å². The average molecular weight is 685 g/mol. The SMILES string of the molecule is CC(C)(O)c1ccccc1CC[C@@H](SCC1(CC(=O)O)CC1)c1cccc(/C=C/c2ccc3ccc(Cl)cc3n2)c1.NC1CCCCC1. The Hall–Kier alpha value is -3.16. The number of rotatable bonds is 12. The minimum atomic E-state index is -0.911. The van der Waals surface area contributed by atoms with Crippen LogP contribution in [-0.4, -0.2) is 33.0 Å². The molecular weight excluding hydrogens is 636 g/mol. The molecule has 6 rings (SSSR count). The first-order valence-corrected chi connectivity index (χ1v) is 18.7. The van der Waals surface area contributed by atoms with Crippen LogP contribution in [0.2, 0.25) is 5.02 Å². The van der Waals surface area contributed by atoms with E-state index in [1.165, 1.54) is 37.7 Å². The predicted molar refractivity (Wildman–Crippen MR) is 202 cm³/mol. The number of aryl methyl sites for hydroxylation is 1. The van der Waals surface area contributed by atoms with Gasteiger partial charge in [-0.1, -0.05) is 97.6 Å². The lowest BCUT2D eigenvalue weighted by Crippen LogP contribution is -2.22. The monoisotopic (exact) mass is 684 g/mol. The standard InChI is InChI=1S/C35H36ClNO3S.C6H13N/c1-34(2,40)30-9-4-3-7-25(30)13-17-32(41-23-35(18-19-35)22-33(38)39)27-8-5-6-24(20-27)10-15-29-16-12-26-11-14-28(36)21-31(26)37-29;7-6-4-2-1-3-5-6/h3-12,14-16,20-21,32,40H,13,17-19,22-23H2,1-2H3,(H,38,39);6H,1-5,7H2/b15-10+;/t32-;/m1./s1. The Bertz CT molecular complexity index is 1710. The summed E-state index contributed by atoms with van der Waals surface area (Å²) in [6, 6.07) is 27.0. The third-order valence-corrected chi connectivity index (χ3v) is 11.4. The second-order valence-corrected chi connectivity index (χ2v) is 15.7. The van der Waals surface area contributed by atoms with E-state index in [2.05, 4.69) is 42.5 Å². The molecule has 2 saturated carbocycles. The van der Waals surface area contributed by atoms with Gasteiger partial charge in [-0.05, 0) is 104 Å². The van der Waals surface area contributed by atoms with Crippen LogP contribution in [0.25, 0.3) is 23.1 Å². The van der Waals surface area contributed by atoms with E-state index >= 15 is 0 Å². The largest absolute Gasteiger partial charge is 0.481 e. The summed E-state index contributed by atoms with van der Waals surface area (Å²) in [4.78, 5) is 16.2. The van der Waals surface area contributed by atoms with Crippen molar-refractivity contribution in [2.75, 3.05) is 5.75 Å². The van der Waals surface area contributed by atoms with Crippen molar-refractivity contribution in [3.63, 3.8) is 0 Å². The van der Waals surface area contributed by atoms with Crippen LogP contribution in [0, 0.1) is 5.41 Å². The number of thioether (sulfide) groups is 1. The fraction of sp³-hybridized carbons (Fsp3) is 0.415. The molecule has 0 bridgehead atoms. The summed E-state index contributed by atoms with van der Waals surface area (Å²) in [5.74, 6) is 0.122. The highest BCUT2D eigenvalue weighted by molar-refractivity contribution is 7.99. The number of carboxylic acid groups (broad SMARTS) is 1. The number of benzene rings is 3. The van der Waals surface area contributed by atoms with Gasteiger partial charge < -0.3 is 15.9 Å². The molecule has 4 N–H and O–H groups in total. The Balaban J connectivity index is 0.000000572. The van der Waals surface area contributed by atoms with Crippen molar-refractivity contribution >= 4 is 52.4 Å². The molecule has 2 aliphatic carbocycles. The van der Waals surface area contributed by atoms with Gasteiger partial charge in [-0.3, -0.25) is 4.79 Å². The highest BCUT2D eigenvalue weighted by atomic mass is 35.5. The van der Waals surface area contributed by atoms with Crippen molar-refractivity contribution < 1.29 is 15.0 Å². The summed E-state index contributed by atoms with van der Waals surface area (Å²) in [7, 11) is 0. The van der Waals surface area contributed by atoms with Crippen molar-refractivity contribution in [1.82, 2.24) is 4.98 Å². The normalized spacial score (nSPS) is 16.8. The first kappa shape index (κ1) is 36.1. The van der Waals surface area contributed by atoms with Gasteiger partial charge in [-0.15, -0.1) is 0 Å². The van der Waals surface area contributed by atoms with Crippen molar-refractivity contribution in [2.45, 2.75) is 94.9 Å². The van der Waals surface area contributed by atoms with Gasteiger partial charge in [0.2, 0.25) is 0 Å². The smallest absolute Gasteiger partial charge is 0.303 e. The maximum Gasteiger partial charge on any atom is 0.303 e. The molecule has 254 valence electrons. The fourth-order valence-corrected chi connectivity index (χ4v) is 8.23. The summed E-state index contributed by atoms with van der Waals surface area (Å²) in [5.41, 5.74) is 10.8. The third-order valence-electron chi connectivity index (χ3n) is 9.48. The summed E-state index contributed by atoms with van der Waals surface area (Å²) in [6.07, 6.45) is 14.7. The van der Waals surface area contributed by atoms with Crippen LogP contribution in [0.5, 0.6) is 0 Å². The second kappa shape index (κ2) is 16.5. The molecule has 2 fully saturated rings. The molecule has 1 heterocycles. The summed E-state index contributed by atoms with van der Waals surface area (Å²) < 4.78 is 0. The number of carboxylic acids is 1. The topological polar surface area (TPSA) is 96.4 Å². The zero-order valence-corrected chi connectivity index (χ0v) is 29.8. The van der Waals surface area contributed by atoms with Gasteiger partial charge in [0, 0.05) is 27.5 Å². The second-order valence-electron chi connectivity index (χ2n) is 14.1. The molecule has 4 aromatic rings.